The Morgan fingerprint density at radius 1 is 0.468 bits per heavy atom. The summed E-state index contributed by atoms with van der Waals surface area (Å²) in [6.45, 7) is -3.12. The summed E-state index contributed by atoms with van der Waals surface area (Å²) in [6.07, 6.45) is -11.3. The van der Waals surface area contributed by atoms with Gasteiger partial charge in [-0.1, -0.05) is 0 Å². The Kier molecular flexibility index (Phi) is 17.2. The SMILES string of the molecule is NC(=O)CNC(=O)CNC(=O)CNCCNc1ccc(NCCNCC(=O)NCC(=O)NCC(N)=O)c2c1C(=O)c1c(OC(=O)C(F)(F)F)ccc(OC(=O)C(F)(F)F)c1C2=O. The quantitative estimate of drug-likeness (QED) is 0.0206. The highest BCUT2D eigenvalue weighted by atomic mass is 19.4. The molecular formula is C34H36F6N10O12. The molecule has 12 N–H and O–H groups in total. The van der Waals surface area contributed by atoms with Crippen molar-refractivity contribution in [3.05, 3.63) is 46.5 Å². The van der Waals surface area contributed by atoms with E-state index in [2.05, 4.69) is 52.0 Å². The van der Waals surface area contributed by atoms with E-state index in [9.17, 15) is 74.3 Å². The molecule has 336 valence electrons. The number of alkyl halides is 6. The maximum absolute atomic E-state index is 14.2. The zero-order valence-corrected chi connectivity index (χ0v) is 31.7. The molecule has 0 heterocycles. The fraction of sp³-hybridized carbons (Fsp3) is 0.353. The van der Waals surface area contributed by atoms with Gasteiger partial charge in [-0.2, -0.15) is 26.3 Å². The van der Waals surface area contributed by atoms with Gasteiger partial charge in [0.05, 0.1) is 61.5 Å². The summed E-state index contributed by atoms with van der Waals surface area (Å²) in [5.74, 6) is -15.4. The topological polar surface area (TPSA) is 337 Å². The van der Waals surface area contributed by atoms with Gasteiger partial charge < -0.3 is 63.5 Å². The third kappa shape index (κ3) is 14.4. The molecule has 6 amide bonds. The van der Waals surface area contributed by atoms with Crippen LogP contribution in [-0.2, 0) is 38.4 Å². The molecule has 0 radical (unpaired) electrons. The van der Waals surface area contributed by atoms with Crippen LogP contribution in [0.15, 0.2) is 24.3 Å². The number of carbonyl (C=O) groups is 10. The third-order valence-corrected chi connectivity index (χ3v) is 7.73. The molecule has 0 fully saturated rings. The average Bonchev–Trinajstić information content (AvgIpc) is 3.19. The molecule has 0 aromatic heterocycles. The number of nitrogens with two attached hydrogens (primary N) is 2. The van der Waals surface area contributed by atoms with Crippen LogP contribution in [0.2, 0.25) is 0 Å². The van der Waals surface area contributed by atoms with E-state index in [1.54, 1.807) is 0 Å². The summed E-state index contributed by atoms with van der Waals surface area (Å²) < 4.78 is 88.2. The van der Waals surface area contributed by atoms with Crippen molar-refractivity contribution >= 4 is 70.3 Å². The molecule has 0 saturated heterocycles. The van der Waals surface area contributed by atoms with Crippen molar-refractivity contribution in [3.63, 3.8) is 0 Å². The molecule has 0 bridgehead atoms. The molecule has 62 heavy (non-hydrogen) atoms. The predicted octanol–water partition coefficient (Wildman–Crippen LogP) is -3.16. The Bertz CT molecular complexity index is 1990. The number of esters is 2. The Balaban J connectivity index is 1.90. The minimum absolute atomic E-state index is 0.0714. The maximum atomic E-state index is 14.2. The van der Waals surface area contributed by atoms with E-state index < -0.39 is 131 Å². The number of primary amides is 2. The molecule has 1 aliphatic rings. The van der Waals surface area contributed by atoms with E-state index in [4.69, 9.17) is 11.5 Å². The van der Waals surface area contributed by atoms with Crippen LogP contribution in [0.4, 0.5) is 37.7 Å². The molecule has 0 saturated carbocycles. The number of benzene rings is 2. The van der Waals surface area contributed by atoms with Gasteiger partial charge in [0.2, 0.25) is 47.0 Å². The van der Waals surface area contributed by atoms with Crippen molar-refractivity contribution < 1.29 is 83.8 Å². The Labute approximate surface area is 343 Å². The number of anilines is 2. The second-order valence-corrected chi connectivity index (χ2v) is 12.4. The number of halogens is 6. The largest absolute Gasteiger partial charge is 0.491 e. The summed E-state index contributed by atoms with van der Waals surface area (Å²) in [6, 6.07) is 3.26. The van der Waals surface area contributed by atoms with Gasteiger partial charge in [-0.25, -0.2) is 9.59 Å². The number of ketones is 2. The van der Waals surface area contributed by atoms with E-state index in [1.807, 2.05) is 0 Å². The van der Waals surface area contributed by atoms with Crippen molar-refractivity contribution in [1.82, 2.24) is 31.9 Å². The Morgan fingerprint density at radius 2 is 0.790 bits per heavy atom. The maximum Gasteiger partial charge on any atom is 0.491 e. The molecule has 2 aromatic rings. The molecule has 1 aliphatic carbocycles. The number of hydrogen-bond donors (Lipinski definition) is 10. The van der Waals surface area contributed by atoms with Gasteiger partial charge in [-0.3, -0.25) is 38.4 Å². The Hall–Kier alpha value is -7.36. The van der Waals surface area contributed by atoms with E-state index in [1.165, 1.54) is 12.1 Å². The monoisotopic (exact) mass is 890 g/mol. The zero-order chi connectivity index (χ0) is 46.4. The lowest BCUT2D eigenvalue weighted by Crippen LogP contribution is -2.43. The second kappa shape index (κ2) is 21.8. The second-order valence-electron chi connectivity index (χ2n) is 12.4. The first-order valence-electron chi connectivity index (χ1n) is 17.5. The van der Waals surface area contributed by atoms with Gasteiger partial charge in [-0.15, -0.1) is 0 Å². The van der Waals surface area contributed by atoms with Crippen molar-refractivity contribution in [2.24, 2.45) is 11.5 Å². The molecule has 0 spiro atoms. The first kappa shape index (κ1) is 49.0. The van der Waals surface area contributed by atoms with Crippen LogP contribution in [0, 0.1) is 0 Å². The number of amides is 6. The molecule has 0 unspecified atom stereocenters. The van der Waals surface area contributed by atoms with Crippen LogP contribution in [0.5, 0.6) is 11.5 Å². The molecule has 0 aliphatic heterocycles. The molecular weight excluding hydrogens is 854 g/mol. The van der Waals surface area contributed by atoms with Gasteiger partial charge in [-0.05, 0) is 24.3 Å². The first-order chi connectivity index (χ1) is 29.0. The van der Waals surface area contributed by atoms with Crippen LogP contribution < -0.4 is 63.5 Å². The van der Waals surface area contributed by atoms with E-state index >= 15 is 0 Å². The highest BCUT2D eigenvalue weighted by Gasteiger charge is 2.46. The molecule has 2 aromatic carbocycles. The minimum Gasteiger partial charge on any atom is -0.419 e. The Morgan fingerprint density at radius 3 is 1.11 bits per heavy atom. The fourth-order valence-corrected chi connectivity index (χ4v) is 5.07. The number of ether oxygens (including phenoxy) is 2. The summed E-state index contributed by atoms with van der Waals surface area (Å²) >= 11 is 0. The van der Waals surface area contributed by atoms with Crippen molar-refractivity contribution in [2.75, 3.05) is 76.1 Å². The molecule has 28 heteroatoms. The van der Waals surface area contributed by atoms with Gasteiger partial charge in [0.25, 0.3) is 0 Å². The van der Waals surface area contributed by atoms with E-state index in [-0.39, 0.29) is 50.6 Å². The van der Waals surface area contributed by atoms with E-state index in [0.717, 1.165) is 0 Å². The van der Waals surface area contributed by atoms with Crippen LogP contribution in [0.3, 0.4) is 0 Å². The summed E-state index contributed by atoms with van der Waals surface area (Å²) in [4.78, 5) is 121. The van der Waals surface area contributed by atoms with Crippen molar-refractivity contribution in [1.29, 1.82) is 0 Å². The smallest absolute Gasteiger partial charge is 0.419 e. The minimum atomic E-state index is -5.66. The highest BCUT2D eigenvalue weighted by Crippen LogP contribution is 2.44. The van der Waals surface area contributed by atoms with Crippen molar-refractivity contribution in [2.45, 2.75) is 12.4 Å². The van der Waals surface area contributed by atoms with Crippen LogP contribution in [-0.4, -0.2) is 137 Å². The van der Waals surface area contributed by atoms with Crippen LogP contribution >= 0.6 is 0 Å². The predicted molar refractivity (Wildman–Crippen MR) is 196 cm³/mol. The summed E-state index contributed by atoms with van der Waals surface area (Å²) in [5, 5.41) is 19.7. The lowest BCUT2D eigenvalue weighted by atomic mass is 9.81. The highest BCUT2D eigenvalue weighted by molar-refractivity contribution is 6.33. The number of rotatable bonds is 22. The average molecular weight is 891 g/mol. The lowest BCUT2D eigenvalue weighted by molar-refractivity contribution is -0.190. The first-order valence-corrected chi connectivity index (χ1v) is 17.5. The number of fused-ring (bicyclic) bond motifs is 2. The molecule has 0 atom stereocenters. The van der Waals surface area contributed by atoms with Crippen molar-refractivity contribution in [3.8, 4) is 11.5 Å². The normalized spacial score (nSPS) is 11.9. The summed E-state index contributed by atoms with van der Waals surface area (Å²) in [7, 11) is 0. The van der Waals surface area contributed by atoms with Gasteiger partial charge in [0, 0.05) is 37.6 Å². The number of carbonyl (C=O) groups excluding carboxylic acids is 10. The summed E-state index contributed by atoms with van der Waals surface area (Å²) in [5.41, 5.74) is 5.90. The standard InChI is InChI=1S/C34H36F6N10O12/c35-33(36,37)31(59)61-17-3-4-18(62-32(60)34(38,39)40)28-27(17)29(57)25-15(45-7-5-43-11-21(53)49-13-23(55)47-9-19(41)51)1-2-16(26(25)30(28)58)46-8-6-44-12-22(54)50-14-24(56)48-10-20(42)52/h1-4,43-46H,5-14H2,(H2,41,51)(H2,42,52)(H,47,55)(H,48,56)(H,49,53)(H,50,54). The molecule has 3 rings (SSSR count). The van der Waals surface area contributed by atoms with Gasteiger partial charge in [0.1, 0.15) is 11.5 Å². The number of hydrogen-bond acceptors (Lipinski definition) is 16. The lowest BCUT2D eigenvalue weighted by Gasteiger charge is -2.26. The van der Waals surface area contributed by atoms with Crippen LogP contribution in [0.25, 0.3) is 0 Å². The van der Waals surface area contributed by atoms with E-state index in [0.29, 0.717) is 12.1 Å². The molecule has 22 nitrogen and oxygen atoms in total. The zero-order valence-electron chi connectivity index (χ0n) is 31.7. The fourth-order valence-electron chi connectivity index (χ4n) is 5.07. The van der Waals surface area contributed by atoms with Gasteiger partial charge >= 0.3 is 24.3 Å². The van der Waals surface area contributed by atoms with Crippen LogP contribution in [0.1, 0.15) is 31.8 Å². The number of nitrogens with one attached hydrogen (secondary N) is 8. The third-order valence-electron chi connectivity index (χ3n) is 7.73. The van der Waals surface area contributed by atoms with Gasteiger partial charge in [0.15, 0.2) is 0 Å².